The van der Waals surface area contributed by atoms with Gasteiger partial charge in [0.25, 0.3) is 0 Å². The molecule has 10 nitrogen and oxygen atoms in total. The van der Waals surface area contributed by atoms with Crippen LogP contribution < -0.4 is 0 Å². The van der Waals surface area contributed by atoms with Gasteiger partial charge >= 0.3 is 0 Å². The average molecular weight is 547 g/mol. The Morgan fingerprint density at radius 3 is 2.49 bits per heavy atom. The molecule has 0 aromatic heterocycles. The molecule has 4 aliphatic rings. The van der Waals surface area contributed by atoms with Gasteiger partial charge in [0.15, 0.2) is 0 Å². The van der Waals surface area contributed by atoms with Crippen LogP contribution in [0, 0.1) is 17.8 Å². The Morgan fingerprint density at radius 2 is 1.87 bits per heavy atom. The van der Waals surface area contributed by atoms with E-state index >= 15 is 0 Å². The molecule has 218 valence electrons. The largest absolute Gasteiger partial charge is 0.394 e. The van der Waals surface area contributed by atoms with Crippen molar-refractivity contribution in [3.05, 3.63) is 25.3 Å². The van der Waals surface area contributed by atoms with E-state index in [1.807, 2.05) is 13.8 Å². The molecule has 3 amide bonds. The molecule has 4 aliphatic heterocycles. The number of likely N-dealkylation sites (tertiary alicyclic amines) is 1. The van der Waals surface area contributed by atoms with Crippen LogP contribution in [0.4, 0.5) is 0 Å². The topological polar surface area (TPSA) is 103 Å². The number of rotatable bonds is 13. The number of carbonyl (C=O) groups is 3. The minimum Gasteiger partial charge on any atom is -0.394 e. The van der Waals surface area contributed by atoms with E-state index in [0.717, 1.165) is 13.1 Å². The van der Waals surface area contributed by atoms with Gasteiger partial charge in [-0.05, 0) is 25.2 Å². The first-order valence-electron chi connectivity index (χ1n) is 14.4. The number of nitrogens with zero attached hydrogens (tertiary/aromatic N) is 4. The standard InChI is InChI=1S/C29H46N4O6/c1-6-10-30(5)26(35)23-22-8-9-29(39-22)24(23)27(36)33(21(19-34)18-20(3)4)25(29)28(37)32(11-7-2)13-12-31-14-16-38-17-15-31/h6-7,20-25,34H,1-2,8-19H2,3-5H3/t21-,22-,23+,24+,25?,29?/m1/s1. The Labute approximate surface area is 232 Å². The van der Waals surface area contributed by atoms with E-state index in [1.54, 1.807) is 33.9 Å². The predicted molar refractivity (Wildman–Crippen MR) is 147 cm³/mol. The third kappa shape index (κ3) is 5.53. The number of hydrogen-bond acceptors (Lipinski definition) is 7. The molecule has 10 heteroatoms. The van der Waals surface area contributed by atoms with Crippen molar-refractivity contribution in [1.29, 1.82) is 0 Å². The van der Waals surface area contributed by atoms with Gasteiger partial charge in [-0.15, -0.1) is 13.2 Å². The van der Waals surface area contributed by atoms with Crippen molar-refractivity contribution in [3.8, 4) is 0 Å². The summed E-state index contributed by atoms with van der Waals surface area (Å²) >= 11 is 0. The van der Waals surface area contributed by atoms with Crippen LogP contribution in [0.25, 0.3) is 0 Å². The highest BCUT2D eigenvalue weighted by Crippen LogP contribution is 2.59. The maximum atomic E-state index is 14.5. The first-order valence-corrected chi connectivity index (χ1v) is 14.4. The summed E-state index contributed by atoms with van der Waals surface area (Å²) in [5.41, 5.74) is -1.09. The number of morpholine rings is 1. The van der Waals surface area contributed by atoms with Gasteiger partial charge < -0.3 is 29.3 Å². The Hall–Kier alpha value is -2.27. The third-order valence-corrected chi connectivity index (χ3v) is 8.83. The summed E-state index contributed by atoms with van der Waals surface area (Å²) in [7, 11) is 1.70. The van der Waals surface area contributed by atoms with Crippen molar-refractivity contribution in [3.63, 3.8) is 0 Å². The summed E-state index contributed by atoms with van der Waals surface area (Å²) in [6.45, 7) is 16.2. The van der Waals surface area contributed by atoms with Crippen molar-refractivity contribution in [2.45, 2.75) is 56.9 Å². The van der Waals surface area contributed by atoms with E-state index in [4.69, 9.17) is 9.47 Å². The number of aliphatic hydroxyl groups excluding tert-OH is 1. The Morgan fingerprint density at radius 1 is 1.18 bits per heavy atom. The van der Waals surface area contributed by atoms with E-state index in [2.05, 4.69) is 18.1 Å². The van der Waals surface area contributed by atoms with Gasteiger partial charge in [-0.3, -0.25) is 19.3 Å². The zero-order valence-corrected chi connectivity index (χ0v) is 23.8. The summed E-state index contributed by atoms with van der Waals surface area (Å²) in [5, 5.41) is 10.5. The number of carbonyl (C=O) groups excluding carboxylic acids is 3. The molecule has 39 heavy (non-hydrogen) atoms. The zero-order valence-electron chi connectivity index (χ0n) is 23.8. The summed E-state index contributed by atoms with van der Waals surface area (Å²) in [6.07, 6.45) is 4.64. The maximum Gasteiger partial charge on any atom is 0.248 e. The minimum atomic E-state index is -1.09. The van der Waals surface area contributed by atoms with Crippen molar-refractivity contribution in [1.82, 2.24) is 19.6 Å². The van der Waals surface area contributed by atoms with Gasteiger partial charge in [-0.1, -0.05) is 26.0 Å². The maximum absolute atomic E-state index is 14.5. The van der Waals surface area contributed by atoms with E-state index in [1.165, 1.54) is 0 Å². The molecule has 2 unspecified atom stereocenters. The molecule has 0 radical (unpaired) electrons. The van der Waals surface area contributed by atoms with E-state index in [0.29, 0.717) is 58.7 Å². The Balaban J connectivity index is 1.69. The van der Waals surface area contributed by atoms with Crippen LogP contribution in [-0.2, 0) is 23.9 Å². The van der Waals surface area contributed by atoms with Crippen LogP contribution in [0.5, 0.6) is 0 Å². The van der Waals surface area contributed by atoms with E-state index < -0.39 is 35.6 Å². The molecule has 1 spiro atoms. The lowest BCUT2D eigenvalue weighted by Gasteiger charge is -2.40. The van der Waals surface area contributed by atoms with Crippen molar-refractivity contribution >= 4 is 17.7 Å². The SMILES string of the molecule is C=CCN(C)C(=O)[C@@H]1[C@H]2C(=O)N([C@@H](CO)CC(C)C)C(C(=O)N(CC=C)CCN3CCOCC3)C23CC[C@H]1O3. The monoisotopic (exact) mass is 546 g/mol. The van der Waals surface area contributed by atoms with E-state index in [9.17, 15) is 19.5 Å². The predicted octanol–water partition coefficient (Wildman–Crippen LogP) is 0.759. The van der Waals surface area contributed by atoms with Crippen LogP contribution in [0.3, 0.4) is 0 Å². The fraction of sp³-hybridized carbons (Fsp3) is 0.759. The molecular formula is C29H46N4O6. The third-order valence-electron chi connectivity index (χ3n) is 8.83. The van der Waals surface area contributed by atoms with Crippen LogP contribution in [-0.4, -0.2) is 132 Å². The first-order chi connectivity index (χ1) is 18.7. The molecule has 4 saturated heterocycles. The summed E-state index contributed by atoms with van der Waals surface area (Å²) < 4.78 is 12.0. The smallest absolute Gasteiger partial charge is 0.248 e. The minimum absolute atomic E-state index is 0.160. The normalized spacial score (nSPS) is 30.9. The second-order valence-electron chi connectivity index (χ2n) is 11.8. The lowest BCUT2D eigenvalue weighted by molar-refractivity contribution is -0.152. The number of likely N-dealkylation sites (N-methyl/N-ethyl adjacent to an activating group) is 1. The second-order valence-corrected chi connectivity index (χ2v) is 11.8. The number of aliphatic hydroxyl groups is 1. The molecule has 1 N–H and O–H groups in total. The molecule has 4 heterocycles. The van der Waals surface area contributed by atoms with Gasteiger partial charge in [-0.2, -0.15) is 0 Å². The lowest BCUT2D eigenvalue weighted by Crippen LogP contribution is -2.59. The van der Waals surface area contributed by atoms with E-state index in [-0.39, 0.29) is 30.2 Å². The molecule has 6 atom stereocenters. The summed E-state index contributed by atoms with van der Waals surface area (Å²) in [6, 6.07) is -1.44. The van der Waals surface area contributed by atoms with Gasteiger partial charge in [-0.25, -0.2) is 0 Å². The van der Waals surface area contributed by atoms with Crippen LogP contribution in [0.2, 0.25) is 0 Å². The van der Waals surface area contributed by atoms with Gasteiger partial charge in [0.2, 0.25) is 17.7 Å². The Kier molecular flexibility index (Phi) is 9.52. The number of fused-ring (bicyclic) bond motifs is 1. The first kappa shape index (κ1) is 29.7. The molecule has 0 saturated carbocycles. The Bertz CT molecular complexity index is 937. The molecule has 4 fully saturated rings. The van der Waals surface area contributed by atoms with Crippen LogP contribution >= 0.6 is 0 Å². The highest BCUT2D eigenvalue weighted by molar-refractivity contribution is 5.99. The zero-order chi connectivity index (χ0) is 28.3. The highest BCUT2D eigenvalue weighted by Gasteiger charge is 2.75. The number of hydrogen-bond donors (Lipinski definition) is 1. The molecular weight excluding hydrogens is 500 g/mol. The molecule has 0 aromatic carbocycles. The fourth-order valence-corrected chi connectivity index (χ4v) is 7.11. The lowest BCUT2D eigenvalue weighted by atomic mass is 9.70. The molecule has 4 rings (SSSR count). The molecule has 0 aromatic rings. The number of amides is 3. The highest BCUT2D eigenvalue weighted by atomic mass is 16.5. The molecule has 2 bridgehead atoms. The van der Waals surface area contributed by atoms with Crippen LogP contribution in [0.1, 0.15) is 33.1 Å². The number of ether oxygens (including phenoxy) is 2. The van der Waals surface area contributed by atoms with Crippen LogP contribution in [0.15, 0.2) is 25.3 Å². The summed E-state index contributed by atoms with van der Waals surface area (Å²) in [4.78, 5) is 49.5. The quantitative estimate of drug-likeness (QED) is 0.340. The molecule has 0 aliphatic carbocycles. The second kappa shape index (κ2) is 12.5. The average Bonchev–Trinajstić information content (AvgIpc) is 3.57. The van der Waals surface area contributed by atoms with Crippen molar-refractivity contribution in [2.75, 3.05) is 66.1 Å². The fourth-order valence-electron chi connectivity index (χ4n) is 7.11. The van der Waals surface area contributed by atoms with Gasteiger partial charge in [0.05, 0.1) is 43.8 Å². The van der Waals surface area contributed by atoms with Gasteiger partial charge in [0.1, 0.15) is 11.6 Å². The summed E-state index contributed by atoms with van der Waals surface area (Å²) in [5.74, 6) is -1.83. The van der Waals surface area contributed by atoms with Gasteiger partial charge in [0, 0.05) is 46.3 Å². The van der Waals surface area contributed by atoms with Crippen molar-refractivity contribution < 1.29 is 29.0 Å². The van der Waals surface area contributed by atoms with Crippen molar-refractivity contribution in [2.24, 2.45) is 17.8 Å².